The Bertz CT molecular complexity index is 1140. The summed E-state index contributed by atoms with van der Waals surface area (Å²) in [6.45, 7) is 9.20. The van der Waals surface area contributed by atoms with E-state index in [2.05, 4.69) is 20.4 Å². The maximum absolute atomic E-state index is 15.1. The number of aryl methyl sites for hydroxylation is 3. The number of ether oxygens (including phenoxy) is 1. The van der Waals surface area contributed by atoms with Crippen molar-refractivity contribution in [2.75, 3.05) is 31.2 Å². The highest BCUT2D eigenvalue weighted by atomic mass is 35.5. The summed E-state index contributed by atoms with van der Waals surface area (Å²) >= 11 is 0. The summed E-state index contributed by atoms with van der Waals surface area (Å²) < 4.78 is 26.1. The minimum absolute atomic E-state index is 0. The first kappa shape index (κ1) is 24.8. The van der Waals surface area contributed by atoms with E-state index in [1.54, 1.807) is 13.0 Å². The fourth-order valence-corrected chi connectivity index (χ4v) is 5.06. The third-order valence-electron chi connectivity index (χ3n) is 6.98. The van der Waals surface area contributed by atoms with Crippen molar-refractivity contribution >= 4 is 29.1 Å². The standard InChI is InChI=1S/C25H32FN5O2.ClH/c1-4-17-13-20-15(2)22(25-27-16(3)30-33-25)24(29-23(20)21(26)14-17)31-9-5-18(6-10-31)28-19-7-11-32-12-8-19;/h13-14,18-19,28H,4-12H2,1-3H3;1H. The van der Waals surface area contributed by atoms with Gasteiger partial charge in [0.25, 0.3) is 5.89 Å². The largest absolute Gasteiger partial charge is 0.381 e. The molecule has 5 rings (SSSR count). The summed E-state index contributed by atoms with van der Waals surface area (Å²) in [5, 5.41) is 8.62. The summed E-state index contributed by atoms with van der Waals surface area (Å²) in [7, 11) is 0. The molecule has 3 aromatic rings. The first-order valence-electron chi connectivity index (χ1n) is 12.1. The minimum atomic E-state index is -0.280. The number of benzene rings is 1. The molecule has 0 unspecified atom stereocenters. The molecule has 0 radical (unpaired) electrons. The summed E-state index contributed by atoms with van der Waals surface area (Å²) in [6, 6.07) is 4.64. The van der Waals surface area contributed by atoms with Crippen LogP contribution < -0.4 is 10.2 Å². The van der Waals surface area contributed by atoms with Gasteiger partial charge in [-0.05, 0) is 69.2 Å². The average molecular weight is 490 g/mol. The van der Waals surface area contributed by atoms with Gasteiger partial charge in [-0.3, -0.25) is 0 Å². The van der Waals surface area contributed by atoms with Crippen molar-refractivity contribution in [2.45, 2.75) is 65.0 Å². The number of anilines is 1. The van der Waals surface area contributed by atoms with Gasteiger partial charge in [0.2, 0.25) is 0 Å². The number of halogens is 2. The molecule has 2 aliphatic heterocycles. The van der Waals surface area contributed by atoms with Crippen molar-refractivity contribution in [3.63, 3.8) is 0 Å². The summed E-state index contributed by atoms with van der Waals surface area (Å²) in [5.41, 5.74) is 3.09. The van der Waals surface area contributed by atoms with E-state index in [1.807, 2.05) is 19.9 Å². The fourth-order valence-electron chi connectivity index (χ4n) is 5.06. The van der Waals surface area contributed by atoms with E-state index in [4.69, 9.17) is 14.2 Å². The predicted octanol–water partition coefficient (Wildman–Crippen LogP) is 4.76. The van der Waals surface area contributed by atoms with Crippen LogP contribution in [0.15, 0.2) is 16.7 Å². The molecule has 0 aliphatic carbocycles. The number of aromatic nitrogens is 3. The summed E-state index contributed by atoms with van der Waals surface area (Å²) in [6.07, 6.45) is 4.93. The van der Waals surface area contributed by atoms with E-state index < -0.39 is 0 Å². The summed E-state index contributed by atoms with van der Waals surface area (Å²) in [5.74, 6) is 1.47. The normalized spacial score (nSPS) is 17.8. The van der Waals surface area contributed by atoms with Crippen molar-refractivity contribution in [2.24, 2.45) is 0 Å². The van der Waals surface area contributed by atoms with Crippen LogP contribution in [-0.4, -0.2) is 53.5 Å². The van der Waals surface area contributed by atoms with Crippen LogP contribution in [-0.2, 0) is 11.2 Å². The molecule has 1 aromatic carbocycles. The number of hydrogen-bond donors (Lipinski definition) is 1. The van der Waals surface area contributed by atoms with Crippen molar-refractivity contribution in [3.05, 3.63) is 34.9 Å². The van der Waals surface area contributed by atoms with Gasteiger partial charge in [-0.25, -0.2) is 9.37 Å². The number of nitrogens with one attached hydrogen (secondary N) is 1. The van der Waals surface area contributed by atoms with Gasteiger partial charge in [-0.1, -0.05) is 12.1 Å². The lowest BCUT2D eigenvalue weighted by Crippen LogP contribution is -2.48. The van der Waals surface area contributed by atoms with E-state index in [0.717, 1.165) is 86.3 Å². The molecule has 184 valence electrons. The number of nitrogens with zero attached hydrogens (tertiary/aromatic N) is 4. The number of hydrogen-bond acceptors (Lipinski definition) is 7. The quantitative estimate of drug-likeness (QED) is 0.553. The van der Waals surface area contributed by atoms with Crippen molar-refractivity contribution in [3.8, 4) is 11.5 Å². The zero-order chi connectivity index (χ0) is 22.9. The van der Waals surface area contributed by atoms with Gasteiger partial charge in [0.05, 0.1) is 5.56 Å². The molecule has 9 heteroatoms. The average Bonchev–Trinajstić information content (AvgIpc) is 3.26. The van der Waals surface area contributed by atoms with Crippen LogP contribution in [0, 0.1) is 19.7 Å². The predicted molar refractivity (Wildman–Crippen MR) is 133 cm³/mol. The second-order valence-electron chi connectivity index (χ2n) is 9.22. The molecular weight excluding hydrogens is 457 g/mol. The van der Waals surface area contributed by atoms with Gasteiger partial charge < -0.3 is 19.5 Å². The zero-order valence-corrected chi connectivity index (χ0v) is 20.9. The second kappa shape index (κ2) is 10.5. The lowest BCUT2D eigenvalue weighted by atomic mass is 9.98. The highest BCUT2D eigenvalue weighted by molar-refractivity contribution is 5.93. The van der Waals surface area contributed by atoms with Gasteiger partial charge in [0.15, 0.2) is 5.82 Å². The molecule has 4 heterocycles. The Morgan fingerprint density at radius 1 is 1.06 bits per heavy atom. The molecule has 0 saturated carbocycles. The Labute approximate surface area is 205 Å². The lowest BCUT2D eigenvalue weighted by molar-refractivity contribution is 0.0738. The first-order valence-corrected chi connectivity index (χ1v) is 12.1. The zero-order valence-electron chi connectivity index (χ0n) is 20.1. The minimum Gasteiger partial charge on any atom is -0.381 e. The Morgan fingerprint density at radius 3 is 2.41 bits per heavy atom. The molecule has 7 nitrogen and oxygen atoms in total. The van der Waals surface area contributed by atoms with E-state index in [-0.39, 0.29) is 18.2 Å². The Morgan fingerprint density at radius 2 is 1.76 bits per heavy atom. The summed E-state index contributed by atoms with van der Waals surface area (Å²) in [4.78, 5) is 11.6. The number of fused-ring (bicyclic) bond motifs is 1. The number of pyridine rings is 1. The van der Waals surface area contributed by atoms with Gasteiger partial charge >= 0.3 is 0 Å². The Hall–Kier alpha value is -2.29. The molecule has 0 atom stereocenters. The van der Waals surface area contributed by atoms with Crippen LogP contribution in [0.5, 0.6) is 0 Å². The van der Waals surface area contributed by atoms with E-state index >= 15 is 4.39 Å². The monoisotopic (exact) mass is 489 g/mol. The molecule has 2 fully saturated rings. The first-order chi connectivity index (χ1) is 16.0. The van der Waals surface area contributed by atoms with Crippen LogP contribution in [0.3, 0.4) is 0 Å². The second-order valence-corrected chi connectivity index (χ2v) is 9.22. The highest BCUT2D eigenvalue weighted by Crippen LogP contribution is 2.38. The molecule has 2 aromatic heterocycles. The maximum Gasteiger partial charge on any atom is 0.261 e. The number of piperidine rings is 1. The lowest BCUT2D eigenvalue weighted by Gasteiger charge is -2.37. The van der Waals surface area contributed by atoms with Crippen molar-refractivity contribution in [1.29, 1.82) is 0 Å². The van der Waals surface area contributed by atoms with E-state index in [9.17, 15) is 0 Å². The van der Waals surface area contributed by atoms with Crippen molar-refractivity contribution < 1.29 is 13.7 Å². The van der Waals surface area contributed by atoms with Crippen LogP contribution in [0.1, 0.15) is 49.6 Å². The highest BCUT2D eigenvalue weighted by Gasteiger charge is 2.28. The Balaban J connectivity index is 0.00000274. The molecule has 34 heavy (non-hydrogen) atoms. The molecular formula is C25H33ClFN5O2. The molecule has 0 bridgehead atoms. The molecule has 0 spiro atoms. The third kappa shape index (κ3) is 4.90. The number of rotatable bonds is 5. The SMILES string of the molecule is CCc1cc(F)c2nc(N3CCC(NC4CCOCC4)CC3)c(-c3nc(C)no3)c(C)c2c1.Cl. The van der Waals surface area contributed by atoms with E-state index in [0.29, 0.717) is 29.3 Å². The Kier molecular flexibility index (Phi) is 7.70. The molecule has 0 amide bonds. The van der Waals surface area contributed by atoms with Gasteiger partial charge in [-0.15, -0.1) is 12.4 Å². The topological polar surface area (TPSA) is 76.3 Å². The van der Waals surface area contributed by atoms with Gasteiger partial charge in [-0.2, -0.15) is 4.98 Å². The molecule has 2 aliphatic rings. The van der Waals surface area contributed by atoms with Gasteiger partial charge in [0.1, 0.15) is 17.2 Å². The molecule has 1 N–H and O–H groups in total. The van der Waals surface area contributed by atoms with Crippen LogP contribution in [0.4, 0.5) is 10.2 Å². The maximum atomic E-state index is 15.1. The smallest absolute Gasteiger partial charge is 0.261 e. The van der Waals surface area contributed by atoms with Crippen LogP contribution in [0.25, 0.3) is 22.4 Å². The van der Waals surface area contributed by atoms with Gasteiger partial charge in [0, 0.05) is 43.8 Å². The third-order valence-corrected chi connectivity index (χ3v) is 6.98. The fraction of sp³-hybridized carbons (Fsp3) is 0.560. The molecule has 2 saturated heterocycles. The van der Waals surface area contributed by atoms with Crippen molar-refractivity contribution in [1.82, 2.24) is 20.4 Å². The van der Waals surface area contributed by atoms with E-state index in [1.165, 1.54) is 0 Å². The van der Waals surface area contributed by atoms with Crippen LogP contribution in [0.2, 0.25) is 0 Å². The van der Waals surface area contributed by atoms with Crippen LogP contribution >= 0.6 is 12.4 Å².